The standard InChI is InChI=1S/C16H24N2O2/c1-11-8-15(19-2)16(20-3)9-14(11)17-12-6-7-18(10-12)13-4-5-13/h8-9,12-13,17H,4-7,10H2,1-3H3. The zero-order valence-corrected chi connectivity index (χ0v) is 12.6. The van der Waals surface area contributed by atoms with E-state index in [1.54, 1.807) is 14.2 Å². The quantitative estimate of drug-likeness (QED) is 0.896. The number of hydrogen-bond donors (Lipinski definition) is 1. The lowest BCUT2D eigenvalue weighted by atomic mass is 10.1. The van der Waals surface area contributed by atoms with Gasteiger partial charge in [-0.3, -0.25) is 4.90 Å². The molecule has 0 aromatic heterocycles. The molecule has 1 aromatic rings. The maximum atomic E-state index is 5.39. The maximum absolute atomic E-state index is 5.39. The van der Waals surface area contributed by atoms with Crippen molar-refractivity contribution in [2.24, 2.45) is 0 Å². The molecular formula is C16H24N2O2. The molecular weight excluding hydrogens is 252 g/mol. The van der Waals surface area contributed by atoms with Crippen LogP contribution in [0, 0.1) is 6.92 Å². The van der Waals surface area contributed by atoms with Gasteiger partial charge in [0.2, 0.25) is 0 Å². The molecule has 2 fully saturated rings. The van der Waals surface area contributed by atoms with Crippen molar-refractivity contribution < 1.29 is 9.47 Å². The molecule has 110 valence electrons. The summed E-state index contributed by atoms with van der Waals surface area (Å²) in [5.74, 6) is 1.58. The Morgan fingerprint density at radius 3 is 2.45 bits per heavy atom. The highest BCUT2D eigenvalue weighted by Gasteiger charge is 2.34. The summed E-state index contributed by atoms with van der Waals surface area (Å²) in [6.07, 6.45) is 4.01. The van der Waals surface area contributed by atoms with E-state index in [0.29, 0.717) is 6.04 Å². The van der Waals surface area contributed by atoms with Gasteiger partial charge in [0.1, 0.15) is 0 Å². The third kappa shape index (κ3) is 2.70. The lowest BCUT2D eigenvalue weighted by Crippen LogP contribution is -2.27. The number of ether oxygens (including phenoxy) is 2. The summed E-state index contributed by atoms with van der Waals surface area (Å²) >= 11 is 0. The number of anilines is 1. The average Bonchev–Trinajstić information content (AvgIpc) is 3.21. The molecule has 20 heavy (non-hydrogen) atoms. The molecule has 1 saturated heterocycles. The molecule has 0 bridgehead atoms. The van der Waals surface area contributed by atoms with Crippen LogP contribution in [0.3, 0.4) is 0 Å². The Morgan fingerprint density at radius 2 is 1.80 bits per heavy atom. The van der Waals surface area contributed by atoms with E-state index in [0.717, 1.165) is 23.2 Å². The molecule has 1 N–H and O–H groups in total. The van der Waals surface area contributed by atoms with Crippen molar-refractivity contribution in [1.82, 2.24) is 4.90 Å². The van der Waals surface area contributed by atoms with Crippen molar-refractivity contribution in [2.75, 3.05) is 32.6 Å². The van der Waals surface area contributed by atoms with Gasteiger partial charge in [0, 0.05) is 36.9 Å². The van der Waals surface area contributed by atoms with E-state index in [9.17, 15) is 0 Å². The van der Waals surface area contributed by atoms with E-state index in [-0.39, 0.29) is 0 Å². The highest BCUT2D eigenvalue weighted by molar-refractivity contribution is 5.60. The normalized spacial score (nSPS) is 22.9. The number of rotatable bonds is 5. The summed E-state index contributed by atoms with van der Waals surface area (Å²) in [4.78, 5) is 2.62. The molecule has 4 heteroatoms. The van der Waals surface area contributed by atoms with Crippen LogP contribution in [0.2, 0.25) is 0 Å². The van der Waals surface area contributed by atoms with Crippen LogP contribution < -0.4 is 14.8 Å². The molecule has 1 aliphatic heterocycles. The van der Waals surface area contributed by atoms with E-state index in [2.05, 4.69) is 17.1 Å². The topological polar surface area (TPSA) is 33.7 Å². The molecule has 3 rings (SSSR count). The van der Waals surface area contributed by atoms with Crippen LogP contribution in [0.25, 0.3) is 0 Å². The summed E-state index contributed by atoms with van der Waals surface area (Å²) in [5.41, 5.74) is 2.36. The van der Waals surface area contributed by atoms with Gasteiger partial charge in [-0.1, -0.05) is 0 Å². The van der Waals surface area contributed by atoms with Gasteiger partial charge in [-0.25, -0.2) is 0 Å². The summed E-state index contributed by atoms with van der Waals surface area (Å²) < 4.78 is 10.7. The van der Waals surface area contributed by atoms with E-state index >= 15 is 0 Å². The monoisotopic (exact) mass is 276 g/mol. The molecule has 4 nitrogen and oxygen atoms in total. The highest BCUT2D eigenvalue weighted by Crippen LogP contribution is 2.35. The average molecular weight is 276 g/mol. The van der Waals surface area contributed by atoms with Crippen LogP contribution in [0.5, 0.6) is 11.5 Å². The summed E-state index contributed by atoms with van der Waals surface area (Å²) in [5, 5.41) is 3.67. The van der Waals surface area contributed by atoms with Gasteiger partial charge in [-0.2, -0.15) is 0 Å². The number of nitrogens with zero attached hydrogens (tertiary/aromatic N) is 1. The van der Waals surface area contributed by atoms with E-state index in [4.69, 9.17) is 9.47 Å². The minimum Gasteiger partial charge on any atom is -0.493 e. The Hall–Kier alpha value is -1.42. The van der Waals surface area contributed by atoms with Gasteiger partial charge >= 0.3 is 0 Å². The molecule has 1 aliphatic carbocycles. The lowest BCUT2D eigenvalue weighted by molar-refractivity contribution is 0.326. The fourth-order valence-corrected chi connectivity index (χ4v) is 3.03. The van der Waals surface area contributed by atoms with E-state index in [1.807, 2.05) is 12.1 Å². The predicted octanol–water partition coefficient (Wildman–Crippen LogP) is 2.66. The Kier molecular flexibility index (Phi) is 3.74. The SMILES string of the molecule is COc1cc(C)c(NC2CCN(C3CC3)C2)cc1OC. The number of aryl methyl sites for hydroxylation is 1. The first-order valence-electron chi connectivity index (χ1n) is 7.44. The van der Waals surface area contributed by atoms with Gasteiger partial charge in [0.15, 0.2) is 11.5 Å². The van der Waals surface area contributed by atoms with Gasteiger partial charge in [-0.05, 0) is 37.8 Å². The van der Waals surface area contributed by atoms with E-state index < -0.39 is 0 Å². The smallest absolute Gasteiger partial charge is 0.162 e. The minimum atomic E-state index is 0.549. The molecule has 1 unspecified atom stereocenters. The zero-order chi connectivity index (χ0) is 14.1. The van der Waals surface area contributed by atoms with E-state index in [1.165, 1.54) is 37.9 Å². The number of hydrogen-bond acceptors (Lipinski definition) is 4. The molecule has 1 atom stereocenters. The fourth-order valence-electron chi connectivity index (χ4n) is 3.03. The van der Waals surface area contributed by atoms with Crippen molar-refractivity contribution in [3.05, 3.63) is 17.7 Å². The van der Waals surface area contributed by atoms with Crippen molar-refractivity contribution in [3.8, 4) is 11.5 Å². The first-order valence-corrected chi connectivity index (χ1v) is 7.44. The number of methoxy groups -OCH3 is 2. The van der Waals surface area contributed by atoms with Crippen molar-refractivity contribution in [3.63, 3.8) is 0 Å². The first kappa shape index (κ1) is 13.6. The second-order valence-corrected chi connectivity index (χ2v) is 5.88. The van der Waals surface area contributed by atoms with Crippen molar-refractivity contribution in [2.45, 2.75) is 38.3 Å². The molecule has 1 aromatic carbocycles. The summed E-state index contributed by atoms with van der Waals surface area (Å²) in [6, 6.07) is 5.50. The molecule has 2 aliphatic rings. The van der Waals surface area contributed by atoms with Gasteiger partial charge in [-0.15, -0.1) is 0 Å². The van der Waals surface area contributed by atoms with Crippen LogP contribution in [-0.2, 0) is 0 Å². The maximum Gasteiger partial charge on any atom is 0.162 e. The fraction of sp³-hybridized carbons (Fsp3) is 0.625. The Bertz CT molecular complexity index is 486. The Morgan fingerprint density at radius 1 is 1.10 bits per heavy atom. The van der Waals surface area contributed by atoms with Crippen LogP contribution in [0.4, 0.5) is 5.69 Å². The number of likely N-dealkylation sites (tertiary alicyclic amines) is 1. The summed E-state index contributed by atoms with van der Waals surface area (Å²) in [7, 11) is 3.36. The largest absolute Gasteiger partial charge is 0.493 e. The zero-order valence-electron chi connectivity index (χ0n) is 12.6. The van der Waals surface area contributed by atoms with Crippen LogP contribution in [-0.4, -0.2) is 44.3 Å². The first-order chi connectivity index (χ1) is 9.71. The second-order valence-electron chi connectivity index (χ2n) is 5.88. The summed E-state index contributed by atoms with van der Waals surface area (Å²) in [6.45, 7) is 4.50. The van der Waals surface area contributed by atoms with Gasteiger partial charge < -0.3 is 14.8 Å². The Labute approximate surface area is 121 Å². The predicted molar refractivity (Wildman–Crippen MR) is 80.9 cm³/mol. The molecule has 1 heterocycles. The van der Waals surface area contributed by atoms with Crippen molar-refractivity contribution in [1.29, 1.82) is 0 Å². The minimum absolute atomic E-state index is 0.549. The van der Waals surface area contributed by atoms with Crippen molar-refractivity contribution >= 4 is 5.69 Å². The number of benzene rings is 1. The molecule has 1 saturated carbocycles. The molecule has 0 radical (unpaired) electrons. The van der Waals surface area contributed by atoms with Crippen LogP contribution in [0.1, 0.15) is 24.8 Å². The van der Waals surface area contributed by atoms with Crippen LogP contribution in [0.15, 0.2) is 12.1 Å². The molecule has 0 amide bonds. The van der Waals surface area contributed by atoms with Gasteiger partial charge in [0.05, 0.1) is 14.2 Å². The second kappa shape index (κ2) is 5.52. The Balaban J connectivity index is 1.70. The molecule has 0 spiro atoms. The lowest BCUT2D eigenvalue weighted by Gasteiger charge is -2.19. The number of nitrogens with one attached hydrogen (secondary N) is 1. The highest BCUT2D eigenvalue weighted by atomic mass is 16.5. The third-order valence-electron chi connectivity index (χ3n) is 4.37. The third-order valence-corrected chi connectivity index (χ3v) is 4.37. The van der Waals surface area contributed by atoms with Gasteiger partial charge in [0.25, 0.3) is 0 Å². The van der Waals surface area contributed by atoms with Crippen LogP contribution >= 0.6 is 0 Å².